The largest absolute Gasteiger partial charge is 0.459 e. The van der Waals surface area contributed by atoms with Crippen molar-refractivity contribution in [2.45, 2.75) is 6.23 Å². The summed E-state index contributed by atoms with van der Waals surface area (Å²) < 4.78 is 12.0. The molecule has 0 aliphatic carbocycles. The summed E-state index contributed by atoms with van der Waals surface area (Å²) in [7, 11) is 1.79. The number of imidazole rings is 1. The van der Waals surface area contributed by atoms with Crippen molar-refractivity contribution in [1.82, 2.24) is 9.55 Å². The Kier molecular flexibility index (Phi) is 2.31. The van der Waals surface area contributed by atoms with Gasteiger partial charge in [-0.1, -0.05) is 0 Å². The first-order valence-electron chi connectivity index (χ1n) is 4.38. The zero-order chi connectivity index (χ0) is 10.8. The molecule has 2 rings (SSSR count). The predicted molar refractivity (Wildman–Crippen MR) is 50.8 cm³/mol. The number of aryl methyl sites for hydroxylation is 1. The summed E-state index contributed by atoms with van der Waals surface area (Å²) in [4.78, 5) is 3.92. The molecule has 0 aromatic carbocycles. The molecular weight excluding hydrogens is 196 g/mol. The molecule has 0 bridgehead atoms. The lowest BCUT2D eigenvalue weighted by Crippen LogP contribution is -2.20. The molecule has 0 saturated carbocycles. The van der Waals surface area contributed by atoms with E-state index in [-0.39, 0.29) is 12.6 Å². The molecule has 1 saturated heterocycles. The van der Waals surface area contributed by atoms with Crippen LogP contribution in [0.4, 0.5) is 0 Å². The van der Waals surface area contributed by atoms with E-state index < -0.39 is 6.23 Å². The van der Waals surface area contributed by atoms with E-state index in [4.69, 9.17) is 20.5 Å². The Morgan fingerprint density at radius 3 is 3.07 bits per heavy atom. The Bertz CT molecular complexity index is 443. The lowest BCUT2D eigenvalue weighted by molar-refractivity contribution is 0.148. The summed E-state index contributed by atoms with van der Waals surface area (Å²) in [6, 6.07) is 2.02. The number of allylic oxidation sites excluding steroid dienone is 1. The zero-order valence-electron chi connectivity index (χ0n) is 8.17. The Balaban J connectivity index is 2.41. The number of hydrogen-bond acceptors (Lipinski definition) is 5. The monoisotopic (exact) mass is 206 g/mol. The van der Waals surface area contributed by atoms with Crippen molar-refractivity contribution in [2.24, 2.45) is 12.8 Å². The van der Waals surface area contributed by atoms with Gasteiger partial charge in [0.1, 0.15) is 12.7 Å². The van der Waals surface area contributed by atoms with Crippen LogP contribution < -0.4 is 5.73 Å². The van der Waals surface area contributed by atoms with Gasteiger partial charge >= 0.3 is 5.95 Å². The number of nitriles is 1. The van der Waals surface area contributed by atoms with Gasteiger partial charge in [-0.05, 0) is 0 Å². The molecule has 78 valence electrons. The SMILES string of the molecule is Cn1cncc1C(C#N)=C1OCC(N)O1. The highest BCUT2D eigenvalue weighted by atomic mass is 16.7. The van der Waals surface area contributed by atoms with Gasteiger partial charge in [0, 0.05) is 7.05 Å². The van der Waals surface area contributed by atoms with Gasteiger partial charge in [-0.25, -0.2) is 4.98 Å². The first-order chi connectivity index (χ1) is 7.22. The van der Waals surface area contributed by atoms with Crippen LogP contribution in [-0.4, -0.2) is 22.4 Å². The molecule has 6 nitrogen and oxygen atoms in total. The fraction of sp³-hybridized carbons (Fsp3) is 0.333. The number of rotatable bonds is 1. The maximum Gasteiger partial charge on any atom is 0.301 e. The van der Waals surface area contributed by atoms with Gasteiger partial charge < -0.3 is 14.0 Å². The first kappa shape index (κ1) is 9.55. The van der Waals surface area contributed by atoms with E-state index in [9.17, 15) is 0 Å². The van der Waals surface area contributed by atoms with Crippen LogP contribution in [-0.2, 0) is 16.5 Å². The van der Waals surface area contributed by atoms with Gasteiger partial charge in [-0.15, -0.1) is 0 Å². The molecule has 2 heterocycles. The highest BCUT2D eigenvalue weighted by molar-refractivity contribution is 5.75. The summed E-state index contributed by atoms with van der Waals surface area (Å²) in [6.07, 6.45) is 2.67. The molecule has 0 amide bonds. The smallest absolute Gasteiger partial charge is 0.301 e. The van der Waals surface area contributed by atoms with Crippen molar-refractivity contribution in [3.8, 4) is 6.07 Å². The second-order valence-corrected chi connectivity index (χ2v) is 3.13. The van der Waals surface area contributed by atoms with Gasteiger partial charge in [0.15, 0.2) is 11.8 Å². The van der Waals surface area contributed by atoms with Crippen molar-refractivity contribution < 1.29 is 9.47 Å². The quantitative estimate of drug-likeness (QED) is 0.651. The van der Waals surface area contributed by atoms with Crippen LogP contribution in [0, 0.1) is 11.3 Å². The highest BCUT2D eigenvalue weighted by Crippen LogP contribution is 2.23. The summed E-state index contributed by atoms with van der Waals surface area (Å²) in [5, 5.41) is 9.02. The van der Waals surface area contributed by atoms with E-state index in [1.54, 1.807) is 24.1 Å². The molecule has 1 aliphatic rings. The lowest BCUT2D eigenvalue weighted by atomic mass is 10.2. The van der Waals surface area contributed by atoms with Gasteiger partial charge in [0.25, 0.3) is 0 Å². The van der Waals surface area contributed by atoms with E-state index in [0.29, 0.717) is 11.3 Å². The molecule has 1 atom stereocenters. The molecule has 1 fully saturated rings. The maximum absolute atomic E-state index is 9.02. The predicted octanol–water partition coefficient (Wildman–Crippen LogP) is -0.0561. The van der Waals surface area contributed by atoms with Crippen molar-refractivity contribution in [3.05, 3.63) is 24.2 Å². The number of nitrogens with two attached hydrogens (primary N) is 1. The third kappa shape index (κ3) is 1.65. The number of ether oxygens (including phenoxy) is 2. The third-order valence-electron chi connectivity index (χ3n) is 2.03. The minimum absolute atomic E-state index is 0.175. The minimum atomic E-state index is -0.503. The lowest BCUT2D eigenvalue weighted by Gasteiger charge is -2.03. The molecule has 1 aliphatic heterocycles. The second-order valence-electron chi connectivity index (χ2n) is 3.13. The van der Waals surface area contributed by atoms with Crippen LogP contribution in [0.15, 0.2) is 18.5 Å². The molecule has 6 heteroatoms. The van der Waals surface area contributed by atoms with Crippen molar-refractivity contribution in [2.75, 3.05) is 6.61 Å². The van der Waals surface area contributed by atoms with Gasteiger partial charge in [-0.2, -0.15) is 5.26 Å². The summed E-state index contributed by atoms with van der Waals surface area (Å²) >= 11 is 0. The van der Waals surface area contributed by atoms with E-state index in [1.807, 2.05) is 6.07 Å². The van der Waals surface area contributed by atoms with Crippen LogP contribution in [0.25, 0.3) is 5.57 Å². The van der Waals surface area contributed by atoms with E-state index >= 15 is 0 Å². The number of aromatic nitrogens is 2. The topological polar surface area (TPSA) is 86.1 Å². The molecular formula is C9H10N4O2. The maximum atomic E-state index is 9.02. The Morgan fingerprint density at radius 2 is 2.60 bits per heavy atom. The third-order valence-corrected chi connectivity index (χ3v) is 2.03. The Hall–Kier alpha value is -2.00. The molecule has 1 aromatic heterocycles. The number of hydrogen-bond donors (Lipinski definition) is 1. The molecule has 0 radical (unpaired) electrons. The van der Waals surface area contributed by atoms with Crippen LogP contribution in [0.5, 0.6) is 0 Å². The molecule has 2 N–H and O–H groups in total. The van der Waals surface area contributed by atoms with E-state index in [0.717, 1.165) is 0 Å². The molecule has 15 heavy (non-hydrogen) atoms. The summed E-state index contributed by atoms with van der Waals surface area (Å²) in [6.45, 7) is 0.262. The van der Waals surface area contributed by atoms with Gasteiger partial charge in [0.05, 0.1) is 18.2 Å². The highest BCUT2D eigenvalue weighted by Gasteiger charge is 2.24. The molecule has 1 aromatic rings. The zero-order valence-corrected chi connectivity index (χ0v) is 8.17. The average molecular weight is 206 g/mol. The summed E-state index contributed by atoms with van der Waals surface area (Å²) in [5.74, 6) is 0.175. The Morgan fingerprint density at radius 1 is 1.80 bits per heavy atom. The standard InChI is InChI=1S/C9H10N4O2/c1-13-5-12-3-7(13)6(2-10)9-14-4-8(11)15-9/h3,5,8H,4,11H2,1H3. The minimum Gasteiger partial charge on any atom is -0.459 e. The van der Waals surface area contributed by atoms with Crippen molar-refractivity contribution in [3.63, 3.8) is 0 Å². The molecule has 1 unspecified atom stereocenters. The van der Waals surface area contributed by atoms with Crippen LogP contribution in [0.1, 0.15) is 5.69 Å². The van der Waals surface area contributed by atoms with Gasteiger partial charge in [-0.3, -0.25) is 5.73 Å². The van der Waals surface area contributed by atoms with Crippen LogP contribution in [0.3, 0.4) is 0 Å². The first-order valence-corrected chi connectivity index (χ1v) is 4.38. The van der Waals surface area contributed by atoms with E-state index in [2.05, 4.69) is 4.98 Å². The van der Waals surface area contributed by atoms with Gasteiger partial charge in [0.2, 0.25) is 0 Å². The fourth-order valence-electron chi connectivity index (χ4n) is 1.30. The van der Waals surface area contributed by atoms with Crippen molar-refractivity contribution in [1.29, 1.82) is 5.26 Å². The number of nitrogens with zero attached hydrogens (tertiary/aromatic N) is 3. The van der Waals surface area contributed by atoms with Crippen molar-refractivity contribution >= 4 is 5.57 Å². The second kappa shape index (κ2) is 3.63. The van der Waals surface area contributed by atoms with E-state index in [1.165, 1.54) is 0 Å². The fourth-order valence-corrected chi connectivity index (χ4v) is 1.30. The summed E-state index contributed by atoms with van der Waals surface area (Å²) in [5.41, 5.74) is 6.44. The average Bonchev–Trinajstić information content (AvgIpc) is 2.79. The normalized spacial score (nSPS) is 22.9. The van der Waals surface area contributed by atoms with Crippen LogP contribution in [0.2, 0.25) is 0 Å². The van der Waals surface area contributed by atoms with Crippen LogP contribution >= 0.6 is 0 Å². The Labute approximate surface area is 86.5 Å². The molecule has 0 spiro atoms.